The Kier molecular flexibility index (Phi) is 3.53. The summed E-state index contributed by atoms with van der Waals surface area (Å²) in [5, 5.41) is 3.45. The number of aromatic nitrogens is 2. The van der Waals surface area contributed by atoms with Crippen LogP contribution in [-0.4, -0.2) is 41.6 Å². The zero-order valence-corrected chi connectivity index (χ0v) is 11.8. The molecule has 0 unspecified atom stereocenters. The van der Waals surface area contributed by atoms with Gasteiger partial charge in [0.05, 0.1) is 11.0 Å². The molecule has 102 valence electrons. The molecule has 4 nitrogen and oxygen atoms in total. The first-order valence-electron chi connectivity index (χ1n) is 7.06. The van der Waals surface area contributed by atoms with Gasteiger partial charge in [-0.1, -0.05) is 0 Å². The van der Waals surface area contributed by atoms with Crippen molar-refractivity contribution in [2.45, 2.75) is 25.4 Å². The Bertz CT molecular complexity index is 552. The highest BCUT2D eigenvalue weighted by atomic mass is 15.1. The van der Waals surface area contributed by atoms with Gasteiger partial charge < -0.3 is 14.8 Å². The van der Waals surface area contributed by atoms with E-state index in [9.17, 15) is 0 Å². The Morgan fingerprint density at radius 1 is 1.37 bits per heavy atom. The second-order valence-corrected chi connectivity index (χ2v) is 5.63. The summed E-state index contributed by atoms with van der Waals surface area (Å²) in [6.45, 7) is 3.21. The van der Waals surface area contributed by atoms with Crippen LogP contribution in [0.2, 0.25) is 0 Å². The summed E-state index contributed by atoms with van der Waals surface area (Å²) < 4.78 is 2.52. The van der Waals surface area contributed by atoms with Crippen molar-refractivity contribution >= 4 is 11.0 Å². The minimum Gasteiger partial charge on any atom is -0.339 e. The normalized spacial score (nSPS) is 17.4. The van der Waals surface area contributed by atoms with Crippen molar-refractivity contribution in [3.63, 3.8) is 0 Å². The van der Waals surface area contributed by atoms with Gasteiger partial charge in [0.2, 0.25) is 0 Å². The maximum Gasteiger partial charge on any atom is 0.0884 e. The fraction of sp³-hybridized carbons (Fsp3) is 0.533. The Labute approximate surface area is 114 Å². The van der Waals surface area contributed by atoms with E-state index < -0.39 is 0 Å². The van der Waals surface area contributed by atoms with Crippen molar-refractivity contribution in [1.29, 1.82) is 0 Å². The molecule has 0 atom stereocenters. The van der Waals surface area contributed by atoms with Crippen LogP contribution in [0.15, 0.2) is 24.4 Å². The van der Waals surface area contributed by atoms with E-state index in [4.69, 9.17) is 0 Å². The fourth-order valence-corrected chi connectivity index (χ4v) is 3.05. The first-order valence-corrected chi connectivity index (χ1v) is 7.06. The van der Waals surface area contributed by atoms with Gasteiger partial charge >= 0.3 is 0 Å². The van der Waals surface area contributed by atoms with Gasteiger partial charge in [-0.05, 0) is 58.2 Å². The highest BCUT2D eigenvalue weighted by Crippen LogP contribution is 2.28. The van der Waals surface area contributed by atoms with Gasteiger partial charge in [-0.3, -0.25) is 4.98 Å². The first kappa shape index (κ1) is 12.6. The molecule has 4 heteroatoms. The van der Waals surface area contributed by atoms with Crippen molar-refractivity contribution in [2.75, 3.05) is 27.2 Å². The third-order valence-electron chi connectivity index (χ3n) is 3.84. The van der Waals surface area contributed by atoms with Crippen LogP contribution in [0.5, 0.6) is 0 Å². The van der Waals surface area contributed by atoms with Crippen molar-refractivity contribution in [3.8, 4) is 0 Å². The van der Waals surface area contributed by atoms with E-state index in [0.29, 0.717) is 6.04 Å². The number of nitrogens with zero attached hydrogens (tertiary/aromatic N) is 3. The number of piperidine rings is 1. The minimum atomic E-state index is 0.609. The molecular weight excluding hydrogens is 236 g/mol. The van der Waals surface area contributed by atoms with Gasteiger partial charge in [0, 0.05) is 24.5 Å². The predicted octanol–water partition coefficient (Wildman–Crippen LogP) is 2.02. The van der Waals surface area contributed by atoms with Crippen molar-refractivity contribution in [2.24, 2.45) is 0 Å². The van der Waals surface area contributed by atoms with Crippen LogP contribution in [-0.2, 0) is 6.54 Å². The molecule has 0 spiro atoms. The first-order chi connectivity index (χ1) is 9.25. The van der Waals surface area contributed by atoms with Crippen molar-refractivity contribution < 1.29 is 0 Å². The molecule has 3 heterocycles. The van der Waals surface area contributed by atoms with E-state index in [0.717, 1.165) is 25.2 Å². The summed E-state index contributed by atoms with van der Waals surface area (Å²) in [5.74, 6) is 0. The topological polar surface area (TPSA) is 33.1 Å². The lowest BCUT2D eigenvalue weighted by atomic mass is 10.1. The molecule has 0 bridgehead atoms. The second-order valence-electron chi connectivity index (χ2n) is 5.63. The molecule has 1 saturated heterocycles. The summed E-state index contributed by atoms with van der Waals surface area (Å²) in [6, 6.07) is 7.10. The highest BCUT2D eigenvalue weighted by molar-refractivity contribution is 5.77. The molecule has 19 heavy (non-hydrogen) atoms. The van der Waals surface area contributed by atoms with Crippen LogP contribution in [0.25, 0.3) is 11.0 Å². The molecule has 0 aliphatic carbocycles. The monoisotopic (exact) mass is 258 g/mol. The smallest absolute Gasteiger partial charge is 0.0884 e. The minimum absolute atomic E-state index is 0.609. The van der Waals surface area contributed by atoms with E-state index in [1.807, 2.05) is 12.3 Å². The van der Waals surface area contributed by atoms with E-state index >= 15 is 0 Å². The number of hydrogen-bond acceptors (Lipinski definition) is 3. The molecule has 1 fully saturated rings. The van der Waals surface area contributed by atoms with E-state index in [1.165, 1.54) is 24.1 Å². The predicted molar refractivity (Wildman–Crippen MR) is 78.3 cm³/mol. The van der Waals surface area contributed by atoms with Gasteiger partial charge in [0.25, 0.3) is 0 Å². The summed E-state index contributed by atoms with van der Waals surface area (Å²) in [4.78, 5) is 6.74. The number of rotatable bonds is 3. The molecule has 2 aromatic heterocycles. The number of fused-ring (bicyclic) bond motifs is 1. The van der Waals surface area contributed by atoms with Crippen LogP contribution >= 0.6 is 0 Å². The summed E-state index contributed by atoms with van der Waals surface area (Å²) in [6.07, 6.45) is 4.30. The third-order valence-corrected chi connectivity index (χ3v) is 3.84. The molecule has 0 radical (unpaired) electrons. The van der Waals surface area contributed by atoms with E-state index in [1.54, 1.807) is 0 Å². The standard InChI is InChI=1S/C15H22N4/c1-18(2)11-13-10-14-15(4-3-7-17-14)19(13)12-5-8-16-9-6-12/h3-4,7,10,12,16H,5-6,8-9,11H2,1-2H3. The zero-order chi connectivity index (χ0) is 13.2. The molecule has 0 aromatic carbocycles. The lowest BCUT2D eigenvalue weighted by molar-refractivity contribution is 0.341. The number of nitrogens with one attached hydrogen (secondary N) is 1. The number of pyridine rings is 1. The van der Waals surface area contributed by atoms with Gasteiger partial charge in [-0.15, -0.1) is 0 Å². The highest BCUT2D eigenvalue weighted by Gasteiger charge is 2.20. The molecule has 1 N–H and O–H groups in total. The average molecular weight is 258 g/mol. The van der Waals surface area contributed by atoms with Crippen LogP contribution in [0.1, 0.15) is 24.6 Å². The number of hydrogen-bond donors (Lipinski definition) is 1. The second kappa shape index (κ2) is 5.31. The Morgan fingerprint density at radius 3 is 2.89 bits per heavy atom. The van der Waals surface area contributed by atoms with Crippen molar-refractivity contribution in [1.82, 2.24) is 19.8 Å². The third kappa shape index (κ3) is 2.51. The average Bonchev–Trinajstić information content (AvgIpc) is 2.76. The van der Waals surface area contributed by atoms with Gasteiger partial charge in [-0.25, -0.2) is 0 Å². The molecule has 0 saturated carbocycles. The molecule has 2 aromatic rings. The van der Waals surface area contributed by atoms with Crippen LogP contribution < -0.4 is 5.32 Å². The van der Waals surface area contributed by atoms with E-state index in [-0.39, 0.29) is 0 Å². The summed E-state index contributed by atoms with van der Waals surface area (Å²) >= 11 is 0. The lowest BCUT2D eigenvalue weighted by Gasteiger charge is -2.27. The molecular formula is C15H22N4. The lowest BCUT2D eigenvalue weighted by Crippen LogP contribution is -2.30. The molecule has 1 aliphatic rings. The van der Waals surface area contributed by atoms with E-state index in [2.05, 4.69) is 46.0 Å². The maximum atomic E-state index is 4.51. The maximum absolute atomic E-state index is 4.51. The molecule has 0 amide bonds. The largest absolute Gasteiger partial charge is 0.339 e. The Hall–Kier alpha value is -1.39. The summed E-state index contributed by atoms with van der Waals surface area (Å²) in [7, 11) is 4.25. The Balaban J connectivity index is 2.06. The molecule has 3 rings (SSSR count). The zero-order valence-electron chi connectivity index (χ0n) is 11.8. The molecule has 1 aliphatic heterocycles. The Morgan fingerprint density at radius 2 is 2.16 bits per heavy atom. The van der Waals surface area contributed by atoms with Crippen LogP contribution in [0.3, 0.4) is 0 Å². The summed E-state index contributed by atoms with van der Waals surface area (Å²) in [5.41, 5.74) is 3.79. The fourth-order valence-electron chi connectivity index (χ4n) is 3.05. The van der Waals surface area contributed by atoms with Gasteiger partial charge in [0.1, 0.15) is 0 Å². The SMILES string of the molecule is CN(C)Cc1cc2ncccc2n1C1CCNCC1. The van der Waals surface area contributed by atoms with Crippen LogP contribution in [0, 0.1) is 0 Å². The van der Waals surface area contributed by atoms with Crippen LogP contribution in [0.4, 0.5) is 0 Å². The van der Waals surface area contributed by atoms with Gasteiger partial charge in [0.15, 0.2) is 0 Å². The van der Waals surface area contributed by atoms with Crippen molar-refractivity contribution in [3.05, 3.63) is 30.1 Å². The van der Waals surface area contributed by atoms with Gasteiger partial charge in [-0.2, -0.15) is 0 Å². The quantitative estimate of drug-likeness (QED) is 0.914.